The van der Waals surface area contributed by atoms with Gasteiger partial charge in [-0.3, -0.25) is 4.57 Å². The summed E-state index contributed by atoms with van der Waals surface area (Å²) in [4.78, 5) is 12.9. The first-order chi connectivity index (χ1) is 11.6. The molecule has 1 aliphatic heterocycles. The zero-order valence-corrected chi connectivity index (χ0v) is 13.9. The summed E-state index contributed by atoms with van der Waals surface area (Å²) in [5.74, 6) is 0.601. The van der Waals surface area contributed by atoms with Gasteiger partial charge in [0.25, 0.3) is 0 Å². The molecule has 8 nitrogen and oxygen atoms in total. The summed E-state index contributed by atoms with van der Waals surface area (Å²) in [7, 11) is 0. The summed E-state index contributed by atoms with van der Waals surface area (Å²) in [6.07, 6.45) is 4.71. The van der Waals surface area contributed by atoms with E-state index in [0.29, 0.717) is 23.0 Å². The number of aromatic nitrogens is 4. The van der Waals surface area contributed by atoms with Crippen molar-refractivity contribution in [2.45, 2.75) is 56.6 Å². The molecule has 3 unspecified atom stereocenters. The first kappa shape index (κ1) is 16.0. The maximum atomic E-state index is 10.1. The van der Waals surface area contributed by atoms with Crippen molar-refractivity contribution in [3.05, 3.63) is 11.6 Å². The van der Waals surface area contributed by atoms with E-state index in [-0.39, 0.29) is 11.9 Å². The van der Waals surface area contributed by atoms with Gasteiger partial charge in [0, 0.05) is 6.04 Å². The minimum absolute atomic E-state index is 0.0670. The number of aliphatic hydroxyl groups is 2. The maximum absolute atomic E-state index is 10.1. The van der Waals surface area contributed by atoms with Crippen LogP contribution in [0, 0.1) is 0 Å². The zero-order valence-electron chi connectivity index (χ0n) is 13.1. The number of imidazole rings is 1. The third-order valence-corrected chi connectivity index (χ3v) is 4.91. The molecule has 24 heavy (non-hydrogen) atoms. The summed E-state index contributed by atoms with van der Waals surface area (Å²) in [6.45, 7) is 0.0670. The highest BCUT2D eigenvalue weighted by atomic mass is 35.5. The van der Waals surface area contributed by atoms with Gasteiger partial charge in [-0.05, 0) is 24.4 Å². The van der Waals surface area contributed by atoms with Crippen molar-refractivity contribution in [1.82, 2.24) is 19.5 Å². The Bertz CT molecular complexity index is 733. The Balaban J connectivity index is 1.69. The van der Waals surface area contributed by atoms with Crippen molar-refractivity contribution >= 4 is 28.6 Å². The number of hydrogen-bond donors (Lipinski definition) is 3. The Hall–Kier alpha value is -1.48. The Morgan fingerprint density at radius 1 is 1.21 bits per heavy atom. The van der Waals surface area contributed by atoms with Crippen LogP contribution in [0.15, 0.2) is 6.33 Å². The molecule has 130 valence electrons. The van der Waals surface area contributed by atoms with Gasteiger partial charge in [-0.25, -0.2) is 4.98 Å². The lowest BCUT2D eigenvalue weighted by Crippen LogP contribution is -2.28. The first-order valence-electron chi connectivity index (χ1n) is 8.28. The summed E-state index contributed by atoms with van der Waals surface area (Å²) in [5.41, 5.74) is 1.06. The second kappa shape index (κ2) is 6.44. The number of ether oxygens (including phenoxy) is 1. The average Bonchev–Trinajstić information content (AvgIpc) is 3.13. The van der Waals surface area contributed by atoms with E-state index in [2.05, 4.69) is 20.3 Å². The number of hydrogen-bond acceptors (Lipinski definition) is 7. The molecule has 2 aliphatic rings. The number of aliphatic hydroxyl groups excluding tert-OH is 2. The Kier molecular flexibility index (Phi) is 4.29. The second-order valence-electron chi connectivity index (χ2n) is 6.43. The van der Waals surface area contributed by atoms with Gasteiger partial charge >= 0.3 is 0 Å². The molecule has 2 fully saturated rings. The number of fused-ring (bicyclic) bond motifs is 1. The van der Waals surface area contributed by atoms with Crippen LogP contribution in [0.2, 0.25) is 5.28 Å². The van der Waals surface area contributed by atoms with E-state index in [1.165, 1.54) is 25.6 Å². The molecule has 0 spiro atoms. The number of nitrogens with one attached hydrogen (secondary N) is 1. The highest BCUT2D eigenvalue weighted by molar-refractivity contribution is 6.28. The van der Waals surface area contributed by atoms with Gasteiger partial charge < -0.3 is 20.3 Å². The van der Waals surface area contributed by atoms with Gasteiger partial charge in [0.05, 0.1) is 12.9 Å². The molecule has 3 N–H and O–H groups in total. The maximum Gasteiger partial charge on any atom is 0.226 e. The molecule has 0 bridgehead atoms. The monoisotopic (exact) mass is 353 g/mol. The van der Waals surface area contributed by atoms with Crippen LogP contribution in [0.4, 0.5) is 5.82 Å². The van der Waals surface area contributed by atoms with Crippen molar-refractivity contribution in [2.24, 2.45) is 0 Å². The van der Waals surface area contributed by atoms with Gasteiger partial charge in [0.2, 0.25) is 5.28 Å². The molecular weight excluding hydrogens is 334 g/mol. The molecule has 1 saturated carbocycles. The van der Waals surface area contributed by atoms with Crippen molar-refractivity contribution in [1.29, 1.82) is 0 Å². The number of nitrogens with zero attached hydrogens (tertiary/aromatic N) is 4. The molecule has 1 aliphatic carbocycles. The van der Waals surface area contributed by atoms with Crippen LogP contribution in [0.1, 0.15) is 38.3 Å². The molecule has 9 heteroatoms. The average molecular weight is 354 g/mol. The van der Waals surface area contributed by atoms with Gasteiger partial charge in [0.15, 0.2) is 23.2 Å². The normalized spacial score (nSPS) is 28.5. The van der Waals surface area contributed by atoms with Crippen LogP contribution in [0.5, 0.6) is 0 Å². The summed E-state index contributed by atoms with van der Waals surface area (Å²) in [6, 6.07) is 0.355. The van der Waals surface area contributed by atoms with Gasteiger partial charge in [-0.2, -0.15) is 9.97 Å². The first-order valence-corrected chi connectivity index (χ1v) is 8.65. The van der Waals surface area contributed by atoms with Gasteiger partial charge in [-0.15, -0.1) is 0 Å². The van der Waals surface area contributed by atoms with E-state index in [1.54, 1.807) is 4.57 Å². The molecule has 0 amide bonds. The molecular formula is C15H20ClN5O3. The summed E-state index contributed by atoms with van der Waals surface area (Å²) < 4.78 is 7.05. The van der Waals surface area contributed by atoms with E-state index in [1.807, 2.05) is 0 Å². The van der Waals surface area contributed by atoms with E-state index in [9.17, 15) is 10.2 Å². The molecule has 0 aromatic carbocycles. The molecule has 2 aromatic rings. The molecule has 2 aromatic heterocycles. The fourth-order valence-corrected chi connectivity index (χ4v) is 3.61. The van der Waals surface area contributed by atoms with Gasteiger partial charge in [-0.1, -0.05) is 19.3 Å². The molecule has 3 heterocycles. The Morgan fingerprint density at radius 3 is 2.71 bits per heavy atom. The lowest BCUT2D eigenvalue weighted by molar-refractivity contribution is -0.0162. The Labute approximate surface area is 143 Å². The minimum Gasteiger partial charge on any atom is -0.388 e. The van der Waals surface area contributed by atoms with Crippen LogP contribution < -0.4 is 5.32 Å². The predicted molar refractivity (Wildman–Crippen MR) is 87.8 cm³/mol. The third kappa shape index (κ3) is 2.83. The standard InChI is InChI=1S/C15H20ClN5O3/c16-15-19-12(18-8-4-2-1-3-5-8)10-13(20-15)21(7-17-10)14-11(23)9(22)6-24-14/h7-9,11,14,22-23H,1-6H2,(H,18,19,20). The van der Waals surface area contributed by atoms with Crippen LogP contribution in [-0.2, 0) is 4.74 Å². The van der Waals surface area contributed by atoms with Crippen molar-refractivity contribution in [3.8, 4) is 0 Å². The largest absolute Gasteiger partial charge is 0.388 e. The number of halogens is 1. The number of anilines is 1. The van der Waals surface area contributed by atoms with E-state index in [0.717, 1.165) is 12.8 Å². The second-order valence-corrected chi connectivity index (χ2v) is 6.76. The summed E-state index contributed by atoms with van der Waals surface area (Å²) in [5, 5.41) is 23.3. The minimum atomic E-state index is -1.04. The van der Waals surface area contributed by atoms with Crippen LogP contribution in [0.3, 0.4) is 0 Å². The Morgan fingerprint density at radius 2 is 2.00 bits per heavy atom. The SMILES string of the molecule is OC1COC(n2cnc3c(NC4CCCCC4)nc(Cl)nc32)C1O. The lowest BCUT2D eigenvalue weighted by atomic mass is 9.95. The highest BCUT2D eigenvalue weighted by Crippen LogP contribution is 2.30. The van der Waals surface area contributed by atoms with E-state index >= 15 is 0 Å². The number of rotatable bonds is 3. The lowest BCUT2D eigenvalue weighted by Gasteiger charge is -2.23. The van der Waals surface area contributed by atoms with Crippen LogP contribution >= 0.6 is 11.6 Å². The van der Waals surface area contributed by atoms with E-state index in [4.69, 9.17) is 16.3 Å². The third-order valence-electron chi connectivity index (χ3n) is 4.74. The fraction of sp³-hybridized carbons (Fsp3) is 0.667. The topological polar surface area (TPSA) is 105 Å². The molecule has 0 radical (unpaired) electrons. The highest BCUT2D eigenvalue weighted by Gasteiger charge is 2.37. The van der Waals surface area contributed by atoms with E-state index < -0.39 is 18.4 Å². The quantitative estimate of drug-likeness (QED) is 0.717. The van der Waals surface area contributed by atoms with Crippen molar-refractivity contribution < 1.29 is 14.9 Å². The van der Waals surface area contributed by atoms with Gasteiger partial charge in [0.1, 0.15) is 12.2 Å². The predicted octanol–water partition coefficient (Wildman–Crippen LogP) is 1.47. The van der Waals surface area contributed by atoms with Crippen molar-refractivity contribution in [2.75, 3.05) is 11.9 Å². The fourth-order valence-electron chi connectivity index (χ4n) is 3.45. The smallest absolute Gasteiger partial charge is 0.226 e. The molecule has 4 rings (SSSR count). The summed E-state index contributed by atoms with van der Waals surface area (Å²) >= 11 is 6.09. The zero-order chi connectivity index (χ0) is 16.7. The van der Waals surface area contributed by atoms with Crippen LogP contribution in [-0.4, -0.2) is 54.6 Å². The van der Waals surface area contributed by atoms with Crippen LogP contribution in [0.25, 0.3) is 11.2 Å². The molecule has 3 atom stereocenters. The molecule has 1 saturated heterocycles. The van der Waals surface area contributed by atoms with Crippen molar-refractivity contribution in [3.63, 3.8) is 0 Å².